The Balaban J connectivity index is 1.44. The molecule has 0 saturated heterocycles. The maximum Gasteiger partial charge on any atom is 0.240 e. The summed E-state index contributed by atoms with van der Waals surface area (Å²) in [5.41, 5.74) is 2.06. The number of aromatic nitrogens is 3. The number of rotatable bonds is 7. The van der Waals surface area contributed by atoms with Crippen LogP contribution in [0.2, 0.25) is 0 Å². The molecule has 28 heavy (non-hydrogen) atoms. The van der Waals surface area contributed by atoms with Crippen LogP contribution in [0.15, 0.2) is 52.1 Å². The second-order valence-electron chi connectivity index (χ2n) is 6.71. The Morgan fingerprint density at radius 1 is 1.14 bits per heavy atom. The highest BCUT2D eigenvalue weighted by Crippen LogP contribution is 2.24. The lowest BCUT2D eigenvalue weighted by Gasteiger charge is -2.09. The van der Waals surface area contributed by atoms with Crippen molar-refractivity contribution in [2.45, 2.75) is 31.1 Å². The topological polar surface area (TPSA) is 76.4 Å². The summed E-state index contributed by atoms with van der Waals surface area (Å²) in [4.78, 5) is 6.66. The summed E-state index contributed by atoms with van der Waals surface area (Å²) in [6, 6.07) is 11.0. The second kappa shape index (κ2) is 7.75. The third kappa shape index (κ3) is 3.88. The average molecular weight is 433 g/mol. The number of nitrogens with zero attached hydrogens (tertiary/aromatic N) is 3. The van der Waals surface area contributed by atoms with Crippen LogP contribution in [0.25, 0.3) is 15.7 Å². The Morgan fingerprint density at radius 3 is 2.61 bits per heavy atom. The van der Waals surface area contributed by atoms with Gasteiger partial charge >= 0.3 is 0 Å². The molecule has 0 spiro atoms. The minimum absolute atomic E-state index is 0.285. The van der Waals surface area contributed by atoms with E-state index in [2.05, 4.69) is 28.7 Å². The minimum atomic E-state index is -3.53. The van der Waals surface area contributed by atoms with Gasteiger partial charge in [-0.15, -0.1) is 27.8 Å². The first-order valence-corrected chi connectivity index (χ1v) is 12.1. The summed E-state index contributed by atoms with van der Waals surface area (Å²) in [5, 5.41) is 8.53. The van der Waals surface area contributed by atoms with Crippen molar-refractivity contribution in [2.75, 3.05) is 6.54 Å². The fraction of sp³-hybridized carbons (Fsp3) is 0.263. The normalized spacial score (nSPS) is 12.2. The second-order valence-corrected chi connectivity index (χ2v) is 10.3. The molecule has 0 atom stereocenters. The van der Waals surface area contributed by atoms with Crippen molar-refractivity contribution in [3.8, 4) is 10.7 Å². The lowest BCUT2D eigenvalue weighted by atomic mass is 10.0. The van der Waals surface area contributed by atoms with E-state index in [1.54, 1.807) is 28.0 Å². The largest absolute Gasteiger partial charge is 0.240 e. The van der Waals surface area contributed by atoms with E-state index in [1.165, 1.54) is 11.3 Å². The van der Waals surface area contributed by atoms with E-state index >= 15 is 0 Å². The molecular formula is C19H20N4O2S3. The van der Waals surface area contributed by atoms with Crippen LogP contribution in [0.3, 0.4) is 0 Å². The van der Waals surface area contributed by atoms with Crippen molar-refractivity contribution in [1.82, 2.24) is 19.3 Å². The van der Waals surface area contributed by atoms with Crippen LogP contribution in [-0.4, -0.2) is 29.6 Å². The molecule has 1 aromatic carbocycles. The van der Waals surface area contributed by atoms with Crippen molar-refractivity contribution in [3.05, 3.63) is 58.4 Å². The van der Waals surface area contributed by atoms with Crippen LogP contribution in [0.4, 0.5) is 0 Å². The lowest BCUT2D eigenvalue weighted by molar-refractivity contribution is 0.581. The molecule has 0 radical (unpaired) electrons. The van der Waals surface area contributed by atoms with Gasteiger partial charge in [0.1, 0.15) is 0 Å². The molecule has 1 N–H and O–H groups in total. The zero-order valence-corrected chi connectivity index (χ0v) is 17.9. The molecule has 0 saturated carbocycles. The number of sulfonamides is 1. The highest BCUT2D eigenvalue weighted by Gasteiger charge is 2.16. The van der Waals surface area contributed by atoms with Gasteiger partial charge in [0.05, 0.1) is 15.5 Å². The molecule has 3 aromatic heterocycles. The number of hydrogen-bond acceptors (Lipinski definition) is 6. The first-order chi connectivity index (χ1) is 13.4. The highest BCUT2D eigenvalue weighted by molar-refractivity contribution is 7.89. The van der Waals surface area contributed by atoms with E-state index in [4.69, 9.17) is 0 Å². The van der Waals surface area contributed by atoms with Crippen LogP contribution in [0.1, 0.15) is 31.0 Å². The number of nitrogens with one attached hydrogen (secondary N) is 1. The van der Waals surface area contributed by atoms with Gasteiger partial charge in [-0.3, -0.25) is 0 Å². The van der Waals surface area contributed by atoms with E-state index in [9.17, 15) is 8.42 Å². The molecule has 4 aromatic rings. The molecule has 0 fully saturated rings. The monoisotopic (exact) mass is 432 g/mol. The fourth-order valence-corrected chi connectivity index (χ4v) is 5.38. The molecule has 0 aliphatic heterocycles. The summed E-state index contributed by atoms with van der Waals surface area (Å²) in [6.45, 7) is 4.46. The van der Waals surface area contributed by atoms with Crippen molar-refractivity contribution < 1.29 is 8.42 Å². The van der Waals surface area contributed by atoms with Crippen molar-refractivity contribution in [3.63, 3.8) is 0 Å². The third-order valence-electron chi connectivity index (χ3n) is 4.42. The van der Waals surface area contributed by atoms with Gasteiger partial charge in [-0.25, -0.2) is 17.7 Å². The SMILES string of the molecule is CC(C)c1ccc(S(=O)(=O)NCCc2csc3nc(-c4cccs4)nn23)cc1. The molecule has 0 aliphatic carbocycles. The lowest BCUT2D eigenvalue weighted by Crippen LogP contribution is -2.26. The van der Waals surface area contributed by atoms with Gasteiger partial charge in [-0.2, -0.15) is 4.98 Å². The van der Waals surface area contributed by atoms with Gasteiger partial charge in [0.2, 0.25) is 15.0 Å². The van der Waals surface area contributed by atoms with E-state index in [1.807, 2.05) is 35.0 Å². The molecule has 0 aliphatic rings. The standard InChI is InChI=1S/C19H20N4O2S3/c1-13(2)14-5-7-16(8-6-14)28(24,25)20-10-9-15-12-27-19-21-18(22-23(15)19)17-4-3-11-26-17/h3-8,11-13,20H,9-10H2,1-2H3. The maximum atomic E-state index is 12.5. The van der Waals surface area contributed by atoms with Gasteiger partial charge in [-0.1, -0.05) is 32.0 Å². The number of hydrogen-bond donors (Lipinski definition) is 1. The predicted molar refractivity (Wildman–Crippen MR) is 114 cm³/mol. The molecule has 0 unspecified atom stereocenters. The summed E-state index contributed by atoms with van der Waals surface area (Å²) in [6.07, 6.45) is 0.538. The molecule has 3 heterocycles. The van der Waals surface area contributed by atoms with Gasteiger partial charge in [0.25, 0.3) is 0 Å². The Labute approximate surface area is 171 Å². The fourth-order valence-electron chi connectivity index (χ4n) is 2.84. The Kier molecular flexibility index (Phi) is 5.33. The van der Waals surface area contributed by atoms with Crippen LogP contribution < -0.4 is 4.72 Å². The van der Waals surface area contributed by atoms with E-state index < -0.39 is 10.0 Å². The summed E-state index contributed by atoms with van der Waals surface area (Å²) in [7, 11) is -3.53. The number of thiazole rings is 1. The minimum Gasteiger partial charge on any atom is -0.211 e. The average Bonchev–Trinajstić information content (AvgIpc) is 3.39. The number of benzene rings is 1. The quantitative estimate of drug-likeness (QED) is 0.476. The van der Waals surface area contributed by atoms with E-state index in [0.717, 1.165) is 21.1 Å². The van der Waals surface area contributed by atoms with Crippen LogP contribution in [0, 0.1) is 0 Å². The number of fused-ring (bicyclic) bond motifs is 1. The Morgan fingerprint density at radius 2 is 1.93 bits per heavy atom. The number of thiophene rings is 1. The predicted octanol–water partition coefficient (Wildman–Crippen LogP) is 4.16. The molecule has 4 rings (SSSR count). The Hall–Kier alpha value is -2.07. The summed E-state index contributed by atoms with van der Waals surface area (Å²) < 4.78 is 29.5. The molecule has 146 valence electrons. The first kappa shape index (κ1) is 19.3. The Bertz CT molecular complexity index is 1170. The summed E-state index contributed by atoms with van der Waals surface area (Å²) >= 11 is 3.10. The van der Waals surface area contributed by atoms with E-state index in [-0.39, 0.29) is 4.90 Å². The molecular weight excluding hydrogens is 412 g/mol. The van der Waals surface area contributed by atoms with Crippen LogP contribution in [0.5, 0.6) is 0 Å². The van der Waals surface area contributed by atoms with Crippen molar-refractivity contribution >= 4 is 37.7 Å². The molecule has 0 bridgehead atoms. The first-order valence-electron chi connectivity index (χ1n) is 8.91. The summed E-state index contributed by atoms with van der Waals surface area (Å²) in [5.74, 6) is 1.07. The molecule has 6 nitrogen and oxygen atoms in total. The zero-order valence-electron chi connectivity index (χ0n) is 15.5. The maximum absolute atomic E-state index is 12.5. The van der Waals surface area contributed by atoms with Gasteiger partial charge in [0.15, 0.2) is 5.82 Å². The van der Waals surface area contributed by atoms with Gasteiger partial charge in [0, 0.05) is 18.3 Å². The highest BCUT2D eigenvalue weighted by atomic mass is 32.2. The third-order valence-corrected chi connectivity index (χ3v) is 7.63. The van der Waals surface area contributed by atoms with Crippen LogP contribution >= 0.6 is 22.7 Å². The smallest absolute Gasteiger partial charge is 0.211 e. The van der Waals surface area contributed by atoms with Gasteiger partial charge < -0.3 is 0 Å². The molecule has 0 amide bonds. The van der Waals surface area contributed by atoms with Crippen LogP contribution in [-0.2, 0) is 16.4 Å². The molecule has 9 heteroatoms. The zero-order chi connectivity index (χ0) is 19.7. The van der Waals surface area contributed by atoms with Gasteiger partial charge in [-0.05, 0) is 35.1 Å². The van der Waals surface area contributed by atoms with Crippen molar-refractivity contribution in [1.29, 1.82) is 0 Å². The van der Waals surface area contributed by atoms with E-state index in [0.29, 0.717) is 24.7 Å². The van der Waals surface area contributed by atoms with Crippen molar-refractivity contribution in [2.24, 2.45) is 0 Å².